The molecule has 13 heavy (non-hydrogen) atoms. The predicted octanol–water partition coefficient (Wildman–Crippen LogP) is 2.70. The highest BCUT2D eigenvalue weighted by molar-refractivity contribution is 14.1. The molecule has 0 bridgehead atoms. The third-order valence-electron chi connectivity index (χ3n) is 1.82. The second-order valence-corrected chi connectivity index (χ2v) is 4.98. The molecule has 2 rings (SSSR count). The normalized spacial score (nSPS) is 10.9. The van der Waals surface area contributed by atoms with Crippen LogP contribution in [0, 0.1) is 3.57 Å². The van der Waals surface area contributed by atoms with Crippen LogP contribution in [0.2, 0.25) is 0 Å². The molecule has 2 aromatic rings. The van der Waals surface area contributed by atoms with E-state index in [2.05, 4.69) is 22.6 Å². The van der Waals surface area contributed by atoms with Crippen molar-refractivity contribution in [2.45, 2.75) is 6.61 Å². The molecule has 0 aliphatic heterocycles. The minimum Gasteiger partial charge on any atom is -0.506 e. The lowest BCUT2D eigenvalue weighted by Gasteiger charge is -1.95. The smallest absolute Gasteiger partial charge is 0.133 e. The molecule has 0 fully saturated rings. The van der Waals surface area contributed by atoms with Gasteiger partial charge in [0.1, 0.15) is 5.75 Å². The van der Waals surface area contributed by atoms with Crippen molar-refractivity contribution in [3.63, 3.8) is 0 Å². The van der Waals surface area contributed by atoms with Gasteiger partial charge in [-0.05, 0) is 40.8 Å². The van der Waals surface area contributed by atoms with Gasteiger partial charge in [0.05, 0.1) is 11.3 Å². The molecule has 4 heteroatoms. The van der Waals surface area contributed by atoms with Crippen LogP contribution in [-0.2, 0) is 6.61 Å². The summed E-state index contributed by atoms with van der Waals surface area (Å²) in [4.78, 5) is 0.884. The molecule has 0 saturated heterocycles. The molecule has 0 unspecified atom stereocenters. The summed E-state index contributed by atoms with van der Waals surface area (Å²) >= 11 is 3.65. The van der Waals surface area contributed by atoms with Gasteiger partial charge in [-0.15, -0.1) is 11.3 Å². The molecule has 1 heterocycles. The van der Waals surface area contributed by atoms with E-state index in [-0.39, 0.29) is 6.61 Å². The Kier molecular flexibility index (Phi) is 2.44. The lowest BCUT2D eigenvalue weighted by Crippen LogP contribution is -1.72. The third-order valence-corrected chi connectivity index (χ3v) is 3.90. The zero-order chi connectivity index (χ0) is 9.42. The van der Waals surface area contributed by atoms with Crippen LogP contribution in [0.15, 0.2) is 18.2 Å². The second-order valence-electron chi connectivity index (χ2n) is 2.68. The summed E-state index contributed by atoms with van der Waals surface area (Å²) in [6.07, 6.45) is 0. The van der Waals surface area contributed by atoms with Gasteiger partial charge in [0, 0.05) is 13.8 Å². The standard InChI is InChI=1S/C9H7IO2S/c10-7-1-2-8(12)9-6(7)3-5(4-11)13-9/h1-3,11-12H,4H2. The minimum absolute atomic E-state index is 0.0366. The summed E-state index contributed by atoms with van der Waals surface area (Å²) in [5, 5.41) is 19.5. The van der Waals surface area contributed by atoms with Crippen LogP contribution in [0.1, 0.15) is 4.88 Å². The Balaban J connectivity index is 2.80. The zero-order valence-electron chi connectivity index (χ0n) is 6.62. The SMILES string of the molecule is OCc1cc2c(I)ccc(O)c2s1. The highest BCUT2D eigenvalue weighted by Crippen LogP contribution is 2.35. The van der Waals surface area contributed by atoms with Crippen LogP contribution < -0.4 is 0 Å². The van der Waals surface area contributed by atoms with E-state index in [1.54, 1.807) is 6.07 Å². The molecular weight excluding hydrogens is 299 g/mol. The van der Waals surface area contributed by atoms with Gasteiger partial charge in [-0.1, -0.05) is 0 Å². The number of hydrogen-bond acceptors (Lipinski definition) is 3. The van der Waals surface area contributed by atoms with Crippen molar-refractivity contribution in [2.24, 2.45) is 0 Å². The third kappa shape index (κ3) is 1.53. The molecule has 1 aromatic carbocycles. The Morgan fingerprint density at radius 2 is 2.15 bits per heavy atom. The van der Waals surface area contributed by atoms with E-state index >= 15 is 0 Å². The van der Waals surface area contributed by atoms with Crippen LogP contribution in [0.4, 0.5) is 0 Å². The van der Waals surface area contributed by atoms with Gasteiger partial charge in [-0.25, -0.2) is 0 Å². The van der Waals surface area contributed by atoms with Crippen molar-refractivity contribution < 1.29 is 10.2 Å². The van der Waals surface area contributed by atoms with Crippen LogP contribution in [0.5, 0.6) is 5.75 Å². The molecule has 1 aromatic heterocycles. The summed E-state index contributed by atoms with van der Waals surface area (Å²) in [6, 6.07) is 5.47. The minimum atomic E-state index is 0.0366. The predicted molar refractivity (Wildman–Crippen MR) is 62.1 cm³/mol. The van der Waals surface area contributed by atoms with Crippen molar-refractivity contribution in [2.75, 3.05) is 0 Å². The molecule has 0 amide bonds. The average molecular weight is 306 g/mol. The van der Waals surface area contributed by atoms with Crippen molar-refractivity contribution in [1.29, 1.82) is 0 Å². The monoisotopic (exact) mass is 306 g/mol. The van der Waals surface area contributed by atoms with Gasteiger partial charge in [0.25, 0.3) is 0 Å². The number of aliphatic hydroxyl groups is 1. The maximum atomic E-state index is 9.53. The summed E-state index contributed by atoms with van der Waals surface area (Å²) in [6.45, 7) is 0.0366. The van der Waals surface area contributed by atoms with E-state index in [1.165, 1.54) is 11.3 Å². The highest BCUT2D eigenvalue weighted by atomic mass is 127. The quantitative estimate of drug-likeness (QED) is 0.795. The van der Waals surface area contributed by atoms with E-state index < -0.39 is 0 Å². The van der Waals surface area contributed by atoms with E-state index in [4.69, 9.17) is 5.11 Å². The largest absolute Gasteiger partial charge is 0.506 e. The van der Waals surface area contributed by atoms with Crippen molar-refractivity contribution in [3.8, 4) is 5.75 Å². The first-order valence-electron chi connectivity index (χ1n) is 3.73. The number of rotatable bonds is 1. The number of hydrogen-bond donors (Lipinski definition) is 2. The van der Waals surface area contributed by atoms with Gasteiger partial charge in [0.2, 0.25) is 0 Å². The summed E-state index contributed by atoms with van der Waals surface area (Å²) in [7, 11) is 0. The van der Waals surface area contributed by atoms with E-state index in [0.29, 0.717) is 5.75 Å². The fraction of sp³-hybridized carbons (Fsp3) is 0.111. The molecule has 0 spiro atoms. The zero-order valence-corrected chi connectivity index (χ0v) is 9.59. The Labute approximate surface area is 93.0 Å². The van der Waals surface area contributed by atoms with Gasteiger partial charge >= 0.3 is 0 Å². The number of phenols is 1. The Morgan fingerprint density at radius 1 is 1.38 bits per heavy atom. The molecular formula is C9H7IO2S. The second kappa shape index (κ2) is 3.43. The lowest BCUT2D eigenvalue weighted by molar-refractivity contribution is 0.285. The molecule has 0 atom stereocenters. The van der Waals surface area contributed by atoms with E-state index in [1.807, 2.05) is 12.1 Å². The number of halogens is 1. The van der Waals surface area contributed by atoms with Crippen molar-refractivity contribution in [3.05, 3.63) is 26.6 Å². The molecule has 0 aliphatic carbocycles. The lowest BCUT2D eigenvalue weighted by atomic mass is 10.2. The van der Waals surface area contributed by atoms with E-state index in [0.717, 1.165) is 18.5 Å². The van der Waals surface area contributed by atoms with Crippen LogP contribution in [-0.4, -0.2) is 10.2 Å². The first kappa shape index (κ1) is 9.23. The van der Waals surface area contributed by atoms with Crippen LogP contribution in [0.25, 0.3) is 10.1 Å². The van der Waals surface area contributed by atoms with Gasteiger partial charge in [-0.2, -0.15) is 0 Å². The van der Waals surface area contributed by atoms with Gasteiger partial charge in [-0.3, -0.25) is 0 Å². The van der Waals surface area contributed by atoms with Crippen LogP contribution in [0.3, 0.4) is 0 Å². The van der Waals surface area contributed by atoms with Gasteiger partial charge in [0.15, 0.2) is 0 Å². The molecule has 68 valence electrons. The summed E-state index contributed by atoms with van der Waals surface area (Å²) in [5.74, 6) is 0.292. The molecule has 0 radical (unpaired) electrons. The van der Waals surface area contributed by atoms with Crippen LogP contribution >= 0.6 is 33.9 Å². The maximum absolute atomic E-state index is 9.53. The summed E-state index contributed by atoms with van der Waals surface area (Å²) < 4.78 is 1.96. The molecule has 2 N–H and O–H groups in total. The number of benzene rings is 1. The average Bonchev–Trinajstić information content (AvgIpc) is 2.56. The number of aliphatic hydroxyl groups excluding tert-OH is 1. The number of thiophene rings is 1. The fourth-order valence-corrected chi connectivity index (χ4v) is 2.95. The highest BCUT2D eigenvalue weighted by Gasteiger charge is 2.07. The number of phenolic OH excluding ortho intramolecular Hbond substituents is 1. The van der Waals surface area contributed by atoms with Crippen molar-refractivity contribution >= 4 is 44.0 Å². The molecule has 0 aliphatic rings. The van der Waals surface area contributed by atoms with Crippen molar-refractivity contribution in [1.82, 2.24) is 0 Å². The first-order valence-corrected chi connectivity index (χ1v) is 5.62. The summed E-state index contributed by atoms with van der Waals surface area (Å²) in [5.41, 5.74) is 0. The number of aromatic hydroxyl groups is 1. The molecule has 0 saturated carbocycles. The topological polar surface area (TPSA) is 40.5 Å². The number of fused-ring (bicyclic) bond motifs is 1. The molecule has 2 nitrogen and oxygen atoms in total. The Bertz CT molecular complexity index is 411. The Hall–Kier alpha value is -0.330. The fourth-order valence-electron chi connectivity index (χ4n) is 1.21. The van der Waals surface area contributed by atoms with Gasteiger partial charge < -0.3 is 10.2 Å². The Morgan fingerprint density at radius 3 is 2.77 bits per heavy atom. The first-order chi connectivity index (χ1) is 6.22. The maximum Gasteiger partial charge on any atom is 0.133 e. The van der Waals surface area contributed by atoms with E-state index in [9.17, 15) is 5.11 Å².